The molecule has 0 bridgehead atoms. The first-order chi connectivity index (χ1) is 9.11. The van der Waals surface area contributed by atoms with E-state index in [1.54, 1.807) is 6.92 Å². The molecule has 1 fully saturated rings. The third kappa shape index (κ3) is 14.0. The molecule has 6 N–H and O–H groups in total. The van der Waals surface area contributed by atoms with Gasteiger partial charge < -0.3 is 26.0 Å². The normalized spacial score (nSPS) is 20.7. The van der Waals surface area contributed by atoms with Crippen LogP contribution in [0, 0.1) is 0 Å². The first-order valence-electron chi connectivity index (χ1n) is 7.23. The van der Waals surface area contributed by atoms with Gasteiger partial charge >= 0.3 is 0 Å². The van der Waals surface area contributed by atoms with Crippen molar-refractivity contribution in [1.82, 2.24) is 10.6 Å². The van der Waals surface area contributed by atoms with E-state index >= 15 is 0 Å². The minimum Gasteiger partial charge on any atom is -0.390 e. The summed E-state index contributed by atoms with van der Waals surface area (Å²) in [6.07, 6.45) is 0.196. The van der Waals surface area contributed by atoms with Gasteiger partial charge in [-0.15, -0.1) is 0 Å². The van der Waals surface area contributed by atoms with E-state index < -0.39 is 6.10 Å². The standard InChI is InChI=1S/C6H16N2O.C5H11NO2.C2H6/c1-2-3-8-5-6(9)4-7;1-4(7)5-6-2-3-8-5;1-2/h6,8-9H,2-5,7H2,1H3;4-7H,2-3H2,1H3;1-2H3/t;4-,5?;/m.1./s1. The predicted octanol–water partition coefficient (Wildman–Crippen LogP) is -0.355. The van der Waals surface area contributed by atoms with Gasteiger partial charge in [0.1, 0.15) is 6.23 Å². The maximum absolute atomic E-state index is 8.90. The lowest BCUT2D eigenvalue weighted by atomic mass is 10.3. The maximum atomic E-state index is 8.90. The molecule has 0 aromatic carbocycles. The van der Waals surface area contributed by atoms with Crippen molar-refractivity contribution in [2.45, 2.75) is 52.6 Å². The van der Waals surface area contributed by atoms with E-state index in [4.69, 9.17) is 20.7 Å². The Hall–Kier alpha value is -0.240. The third-order valence-electron chi connectivity index (χ3n) is 2.26. The third-order valence-corrected chi connectivity index (χ3v) is 2.26. The fourth-order valence-corrected chi connectivity index (χ4v) is 1.28. The first-order valence-corrected chi connectivity index (χ1v) is 7.23. The van der Waals surface area contributed by atoms with Crippen LogP contribution in [-0.4, -0.2) is 61.4 Å². The molecule has 6 heteroatoms. The highest BCUT2D eigenvalue weighted by atomic mass is 16.5. The Morgan fingerprint density at radius 1 is 1.42 bits per heavy atom. The van der Waals surface area contributed by atoms with Gasteiger partial charge in [-0.05, 0) is 19.9 Å². The molecule has 0 spiro atoms. The molecule has 1 rings (SSSR count). The Kier molecular flexibility index (Phi) is 17.5. The van der Waals surface area contributed by atoms with Gasteiger partial charge in [-0.1, -0.05) is 20.8 Å². The Morgan fingerprint density at radius 2 is 2.05 bits per heavy atom. The van der Waals surface area contributed by atoms with E-state index in [1.807, 2.05) is 13.8 Å². The maximum Gasteiger partial charge on any atom is 0.134 e. The summed E-state index contributed by atoms with van der Waals surface area (Å²) in [5, 5.41) is 23.8. The Labute approximate surface area is 117 Å². The zero-order chi connectivity index (χ0) is 15.1. The molecule has 1 saturated heterocycles. The summed E-state index contributed by atoms with van der Waals surface area (Å²) in [5.74, 6) is 0. The summed E-state index contributed by atoms with van der Waals surface area (Å²) in [4.78, 5) is 0. The van der Waals surface area contributed by atoms with Gasteiger partial charge in [0.2, 0.25) is 0 Å². The van der Waals surface area contributed by atoms with Crippen molar-refractivity contribution in [2.75, 3.05) is 32.8 Å². The highest BCUT2D eigenvalue weighted by molar-refractivity contribution is 4.66. The molecule has 0 aromatic rings. The van der Waals surface area contributed by atoms with E-state index in [0.717, 1.165) is 26.1 Å². The van der Waals surface area contributed by atoms with Crippen molar-refractivity contribution in [3.8, 4) is 0 Å². The van der Waals surface area contributed by atoms with E-state index in [-0.39, 0.29) is 12.3 Å². The number of nitrogens with one attached hydrogen (secondary N) is 2. The van der Waals surface area contributed by atoms with Crippen LogP contribution in [0.3, 0.4) is 0 Å². The molecule has 0 amide bonds. The number of nitrogens with two attached hydrogens (primary N) is 1. The molecular weight excluding hydrogens is 246 g/mol. The van der Waals surface area contributed by atoms with E-state index in [1.165, 1.54) is 0 Å². The Morgan fingerprint density at radius 3 is 2.37 bits per heavy atom. The van der Waals surface area contributed by atoms with Gasteiger partial charge in [0.15, 0.2) is 0 Å². The second-order valence-electron chi connectivity index (χ2n) is 4.08. The molecule has 1 aliphatic heterocycles. The molecule has 0 saturated carbocycles. The van der Waals surface area contributed by atoms with Gasteiger partial charge in [0.05, 0.1) is 18.8 Å². The average molecular weight is 279 g/mol. The predicted molar refractivity (Wildman–Crippen MR) is 79.0 cm³/mol. The zero-order valence-electron chi connectivity index (χ0n) is 12.9. The minimum atomic E-state index is -0.391. The van der Waals surface area contributed by atoms with Crippen molar-refractivity contribution in [1.29, 1.82) is 0 Å². The monoisotopic (exact) mass is 279 g/mol. The summed E-state index contributed by atoms with van der Waals surface area (Å²) in [6.45, 7) is 11.3. The highest BCUT2D eigenvalue weighted by Crippen LogP contribution is 1.99. The summed E-state index contributed by atoms with van der Waals surface area (Å²) >= 11 is 0. The second-order valence-corrected chi connectivity index (χ2v) is 4.08. The number of hydrogen-bond donors (Lipinski definition) is 5. The lowest BCUT2D eigenvalue weighted by molar-refractivity contribution is -0.00118. The molecule has 6 nitrogen and oxygen atoms in total. The average Bonchev–Trinajstić information content (AvgIpc) is 2.96. The van der Waals surface area contributed by atoms with Crippen molar-refractivity contribution in [3.05, 3.63) is 0 Å². The summed E-state index contributed by atoms with van der Waals surface area (Å²) < 4.78 is 5.05. The number of hydrogen-bond acceptors (Lipinski definition) is 6. The van der Waals surface area contributed by atoms with Crippen molar-refractivity contribution in [2.24, 2.45) is 5.73 Å². The number of aliphatic hydroxyl groups is 2. The molecule has 1 heterocycles. The Balaban J connectivity index is 0. The molecule has 19 heavy (non-hydrogen) atoms. The highest BCUT2D eigenvalue weighted by Gasteiger charge is 2.18. The minimum absolute atomic E-state index is 0.130. The van der Waals surface area contributed by atoms with Crippen LogP contribution >= 0.6 is 0 Å². The lowest BCUT2D eigenvalue weighted by Gasteiger charge is -2.11. The van der Waals surface area contributed by atoms with E-state index in [2.05, 4.69) is 17.6 Å². The first kappa shape index (κ1) is 21.1. The van der Waals surface area contributed by atoms with Crippen molar-refractivity contribution in [3.63, 3.8) is 0 Å². The topological polar surface area (TPSA) is 99.8 Å². The largest absolute Gasteiger partial charge is 0.390 e. The zero-order valence-corrected chi connectivity index (χ0v) is 12.9. The smallest absolute Gasteiger partial charge is 0.134 e. The van der Waals surface area contributed by atoms with Crippen LogP contribution in [0.25, 0.3) is 0 Å². The molecule has 1 aliphatic rings. The fourth-order valence-electron chi connectivity index (χ4n) is 1.28. The summed E-state index contributed by atoms with van der Waals surface area (Å²) in [6, 6.07) is 0. The van der Waals surface area contributed by atoms with Crippen LogP contribution in [0.15, 0.2) is 0 Å². The number of rotatable bonds is 6. The molecule has 118 valence electrons. The molecule has 0 radical (unpaired) electrons. The molecule has 2 unspecified atom stereocenters. The summed E-state index contributed by atoms with van der Waals surface area (Å²) in [5.41, 5.74) is 5.16. The van der Waals surface area contributed by atoms with Gasteiger partial charge in [0.25, 0.3) is 0 Å². The van der Waals surface area contributed by atoms with Crippen LogP contribution in [0.2, 0.25) is 0 Å². The number of ether oxygens (including phenoxy) is 1. The SMILES string of the molecule is CC.CCCNCC(O)CN.C[C@@H](O)C1NCCO1. The quantitative estimate of drug-likeness (QED) is 0.426. The van der Waals surface area contributed by atoms with Gasteiger partial charge in [-0.25, -0.2) is 0 Å². The molecular formula is C13H33N3O3. The van der Waals surface area contributed by atoms with Crippen LogP contribution in [0.1, 0.15) is 34.1 Å². The van der Waals surface area contributed by atoms with Crippen LogP contribution in [-0.2, 0) is 4.74 Å². The van der Waals surface area contributed by atoms with Gasteiger partial charge in [0, 0.05) is 19.6 Å². The van der Waals surface area contributed by atoms with Crippen molar-refractivity contribution >= 4 is 0 Å². The van der Waals surface area contributed by atoms with Crippen LogP contribution < -0.4 is 16.4 Å². The lowest BCUT2D eigenvalue weighted by Crippen LogP contribution is -2.33. The van der Waals surface area contributed by atoms with Crippen molar-refractivity contribution < 1.29 is 14.9 Å². The number of aliphatic hydroxyl groups excluding tert-OH is 2. The molecule has 0 aliphatic carbocycles. The second kappa shape index (κ2) is 15.8. The Bertz CT molecular complexity index is 165. The van der Waals surface area contributed by atoms with E-state index in [9.17, 15) is 0 Å². The molecule has 0 aromatic heterocycles. The fraction of sp³-hybridized carbons (Fsp3) is 1.00. The van der Waals surface area contributed by atoms with Gasteiger partial charge in [-0.2, -0.15) is 0 Å². The summed E-state index contributed by atoms with van der Waals surface area (Å²) in [7, 11) is 0. The van der Waals surface area contributed by atoms with E-state index in [0.29, 0.717) is 13.1 Å². The van der Waals surface area contributed by atoms with Crippen LogP contribution in [0.4, 0.5) is 0 Å². The van der Waals surface area contributed by atoms with Crippen LogP contribution in [0.5, 0.6) is 0 Å². The molecule has 3 atom stereocenters. The van der Waals surface area contributed by atoms with Gasteiger partial charge in [-0.3, -0.25) is 5.32 Å².